The summed E-state index contributed by atoms with van der Waals surface area (Å²) in [5.41, 5.74) is 4.07. The Hall–Kier alpha value is -1.41. The van der Waals surface area contributed by atoms with E-state index < -0.39 is 5.76 Å². The van der Waals surface area contributed by atoms with Crippen molar-refractivity contribution in [1.29, 1.82) is 0 Å². The van der Waals surface area contributed by atoms with Crippen molar-refractivity contribution in [2.75, 3.05) is 5.32 Å². The Morgan fingerprint density at radius 2 is 1.83 bits per heavy atom. The van der Waals surface area contributed by atoms with Crippen LogP contribution >= 0.6 is 47.2 Å². The van der Waals surface area contributed by atoms with Crippen LogP contribution in [0.2, 0.25) is 10.0 Å². The van der Waals surface area contributed by atoms with Crippen LogP contribution in [0.3, 0.4) is 0 Å². The van der Waals surface area contributed by atoms with Crippen molar-refractivity contribution >= 4 is 64.2 Å². The molecule has 3 nitrogen and oxygen atoms in total. The third-order valence-electron chi connectivity index (χ3n) is 2.66. The lowest BCUT2D eigenvalue weighted by atomic mass is 10.2. The molecular weight excluding hydrogens is 395 g/mol. The molecule has 0 aromatic heterocycles. The first kappa shape index (κ1) is 18.9. The lowest BCUT2D eigenvalue weighted by molar-refractivity contribution is 0.252. The Morgan fingerprint density at radius 1 is 1.12 bits per heavy atom. The number of rotatable bonds is 5. The Morgan fingerprint density at radius 3 is 2.46 bits per heavy atom. The van der Waals surface area contributed by atoms with Crippen LogP contribution in [0, 0.1) is 0 Å². The third kappa shape index (κ3) is 6.24. The van der Waals surface area contributed by atoms with E-state index in [1.807, 2.05) is 0 Å². The molecule has 0 radical (unpaired) electrons. The van der Waals surface area contributed by atoms with E-state index in [0.717, 1.165) is 5.56 Å². The summed E-state index contributed by atoms with van der Waals surface area (Å²) in [6.07, 6.45) is 1.54. The van der Waals surface area contributed by atoms with Gasteiger partial charge in [0.1, 0.15) is 0 Å². The molecule has 0 atom stereocenters. The molecule has 0 heterocycles. The van der Waals surface area contributed by atoms with Crippen LogP contribution in [0.1, 0.15) is 5.56 Å². The van der Waals surface area contributed by atoms with E-state index in [1.54, 1.807) is 48.7 Å². The minimum absolute atomic E-state index is 0.264. The summed E-state index contributed by atoms with van der Waals surface area (Å²) in [6, 6.07) is 11.6. The first-order valence-corrected chi connectivity index (χ1v) is 8.58. The fourth-order valence-corrected chi connectivity index (χ4v) is 2.61. The van der Waals surface area contributed by atoms with Gasteiger partial charge in [-0.15, -0.1) is 0 Å². The molecule has 24 heavy (non-hydrogen) atoms. The molecule has 2 aromatic rings. The van der Waals surface area contributed by atoms with Gasteiger partial charge >= 0.3 is 0 Å². The maximum atomic E-state index is 12.2. The maximum absolute atomic E-state index is 12.2. The molecule has 2 aromatic carbocycles. The third-order valence-corrected chi connectivity index (χ3v) is 4.32. The molecule has 0 unspecified atom stereocenters. The topological polar surface area (TPSA) is 36.4 Å². The number of halogens is 4. The summed E-state index contributed by atoms with van der Waals surface area (Å²) < 4.78 is 24.5. The SMILES string of the molecule is FC(F)Sc1ccc(NC(=S)N/N=C\c2ccc(Cl)c(Cl)c2)cc1. The number of benzene rings is 2. The highest BCUT2D eigenvalue weighted by atomic mass is 35.5. The Bertz CT molecular complexity index is 740. The zero-order chi connectivity index (χ0) is 17.5. The van der Waals surface area contributed by atoms with Gasteiger partial charge in [-0.3, -0.25) is 5.43 Å². The predicted molar refractivity (Wildman–Crippen MR) is 102 cm³/mol. The van der Waals surface area contributed by atoms with Crippen LogP contribution in [-0.2, 0) is 0 Å². The molecule has 0 aliphatic rings. The number of thiocarbonyl (C=S) groups is 1. The van der Waals surface area contributed by atoms with Gasteiger partial charge in [0.05, 0.1) is 16.3 Å². The normalized spacial score (nSPS) is 11.0. The number of thioether (sulfide) groups is 1. The van der Waals surface area contributed by atoms with Gasteiger partial charge in [-0.2, -0.15) is 13.9 Å². The Balaban J connectivity index is 1.86. The number of nitrogens with zero attached hydrogens (tertiary/aromatic N) is 1. The monoisotopic (exact) mass is 405 g/mol. The van der Waals surface area contributed by atoms with E-state index >= 15 is 0 Å². The van der Waals surface area contributed by atoms with Crippen molar-refractivity contribution in [2.24, 2.45) is 5.10 Å². The van der Waals surface area contributed by atoms with Crippen LogP contribution in [0.5, 0.6) is 0 Å². The average molecular weight is 406 g/mol. The average Bonchev–Trinajstić information content (AvgIpc) is 2.52. The molecule has 0 bridgehead atoms. The minimum Gasteiger partial charge on any atom is -0.331 e. The number of hydrogen-bond acceptors (Lipinski definition) is 3. The Kier molecular flexibility index (Phi) is 7.23. The second-order valence-corrected chi connectivity index (χ2v) is 6.69. The van der Waals surface area contributed by atoms with Crippen LogP contribution in [0.25, 0.3) is 0 Å². The number of alkyl halides is 2. The first-order chi connectivity index (χ1) is 11.4. The second-order valence-electron chi connectivity index (χ2n) is 4.40. The van der Waals surface area contributed by atoms with Gasteiger partial charge in [-0.05, 0) is 54.2 Å². The summed E-state index contributed by atoms with van der Waals surface area (Å²) in [4.78, 5) is 0.479. The van der Waals surface area contributed by atoms with Crippen molar-refractivity contribution in [3.8, 4) is 0 Å². The molecule has 0 aliphatic heterocycles. The summed E-state index contributed by atoms with van der Waals surface area (Å²) in [6.45, 7) is 0. The quantitative estimate of drug-likeness (QED) is 0.292. The van der Waals surface area contributed by atoms with Gasteiger partial charge in [-0.1, -0.05) is 41.0 Å². The van der Waals surface area contributed by atoms with Crippen molar-refractivity contribution in [3.63, 3.8) is 0 Å². The Labute approximate surface area is 157 Å². The van der Waals surface area contributed by atoms with Gasteiger partial charge in [0, 0.05) is 10.6 Å². The smallest absolute Gasteiger partial charge is 0.288 e. The highest BCUT2D eigenvalue weighted by Gasteiger charge is 2.05. The van der Waals surface area contributed by atoms with E-state index in [2.05, 4.69) is 15.8 Å². The van der Waals surface area contributed by atoms with E-state index in [9.17, 15) is 8.78 Å². The van der Waals surface area contributed by atoms with E-state index in [1.165, 1.54) is 0 Å². The number of hydrogen-bond donors (Lipinski definition) is 2. The van der Waals surface area contributed by atoms with E-state index in [-0.39, 0.29) is 5.11 Å². The largest absolute Gasteiger partial charge is 0.331 e. The standard InChI is InChI=1S/C15H11Cl2F2N3S2/c16-12-6-1-9(7-13(12)17)8-20-22-15(23)21-10-2-4-11(5-3-10)24-14(18)19/h1-8,14H,(H2,21,22,23)/b20-8-. The molecule has 2 N–H and O–H groups in total. The number of hydrazone groups is 1. The first-order valence-electron chi connectivity index (χ1n) is 6.54. The summed E-state index contributed by atoms with van der Waals surface area (Å²) in [5.74, 6) is -2.44. The molecule has 0 spiro atoms. The molecular formula is C15H11Cl2F2N3S2. The predicted octanol–water partition coefficient (Wildman–Crippen LogP) is 5.63. The molecule has 9 heteroatoms. The van der Waals surface area contributed by atoms with Gasteiger partial charge in [0.15, 0.2) is 5.11 Å². The lowest BCUT2D eigenvalue weighted by Gasteiger charge is -2.07. The molecule has 2 rings (SSSR count). The van der Waals surface area contributed by atoms with Crippen molar-refractivity contribution < 1.29 is 8.78 Å². The summed E-state index contributed by atoms with van der Waals surface area (Å²) in [5, 5.41) is 8.04. The zero-order valence-electron chi connectivity index (χ0n) is 12.0. The van der Waals surface area contributed by atoms with Crippen LogP contribution < -0.4 is 10.7 Å². The molecule has 0 saturated heterocycles. The van der Waals surface area contributed by atoms with Gasteiger partial charge in [0.2, 0.25) is 0 Å². The highest BCUT2D eigenvalue weighted by molar-refractivity contribution is 7.99. The van der Waals surface area contributed by atoms with Crippen molar-refractivity contribution in [1.82, 2.24) is 5.43 Å². The molecule has 0 amide bonds. The summed E-state index contributed by atoms with van der Waals surface area (Å²) >= 11 is 17.3. The van der Waals surface area contributed by atoms with Crippen LogP contribution in [0.15, 0.2) is 52.5 Å². The van der Waals surface area contributed by atoms with Gasteiger partial charge in [-0.25, -0.2) is 0 Å². The zero-order valence-corrected chi connectivity index (χ0v) is 15.1. The second kappa shape index (κ2) is 9.17. The molecule has 0 saturated carbocycles. The highest BCUT2D eigenvalue weighted by Crippen LogP contribution is 2.26. The number of anilines is 1. The molecule has 126 valence electrons. The fourth-order valence-electron chi connectivity index (χ4n) is 1.64. The van der Waals surface area contributed by atoms with E-state index in [4.69, 9.17) is 35.4 Å². The lowest BCUT2D eigenvalue weighted by Crippen LogP contribution is -2.23. The van der Waals surface area contributed by atoms with Gasteiger partial charge < -0.3 is 5.32 Å². The number of nitrogens with one attached hydrogen (secondary N) is 2. The molecule has 0 aliphatic carbocycles. The maximum Gasteiger partial charge on any atom is 0.288 e. The van der Waals surface area contributed by atoms with E-state index in [0.29, 0.717) is 32.4 Å². The van der Waals surface area contributed by atoms with Crippen LogP contribution in [-0.4, -0.2) is 17.1 Å². The fraction of sp³-hybridized carbons (Fsp3) is 0.0667. The van der Waals surface area contributed by atoms with Crippen molar-refractivity contribution in [2.45, 2.75) is 10.7 Å². The van der Waals surface area contributed by atoms with Crippen molar-refractivity contribution in [3.05, 3.63) is 58.1 Å². The van der Waals surface area contributed by atoms with Crippen LogP contribution in [0.4, 0.5) is 14.5 Å². The minimum atomic E-state index is -2.44. The summed E-state index contributed by atoms with van der Waals surface area (Å²) in [7, 11) is 0. The van der Waals surface area contributed by atoms with Gasteiger partial charge in [0.25, 0.3) is 5.76 Å². The molecule has 0 fully saturated rings.